The van der Waals surface area contributed by atoms with Crippen molar-refractivity contribution in [2.24, 2.45) is 10.9 Å². The van der Waals surface area contributed by atoms with E-state index in [0.717, 1.165) is 47.5 Å². The van der Waals surface area contributed by atoms with Crippen LogP contribution in [-0.2, 0) is 11.3 Å². The lowest BCUT2D eigenvalue weighted by Gasteiger charge is -2.26. The number of rotatable bonds is 2. The summed E-state index contributed by atoms with van der Waals surface area (Å²) < 4.78 is 14.4. The Morgan fingerprint density at radius 3 is 2.81 bits per heavy atom. The number of amides is 1. The number of aliphatic imine (C=N–C) groups is 1. The number of carbonyl (C=O) groups is 1. The molecular weight excluding hydrogens is 351 g/mol. The summed E-state index contributed by atoms with van der Waals surface area (Å²) in [5.41, 5.74) is 5.01. The van der Waals surface area contributed by atoms with Crippen LogP contribution in [0.2, 0.25) is 5.02 Å². The van der Waals surface area contributed by atoms with Crippen molar-refractivity contribution in [3.05, 3.63) is 57.9 Å². The molecule has 1 saturated carbocycles. The van der Waals surface area contributed by atoms with E-state index < -0.39 is 5.82 Å². The Hall–Kier alpha value is -2.20. The number of halogens is 2. The van der Waals surface area contributed by atoms with Crippen LogP contribution in [0.1, 0.15) is 36.0 Å². The van der Waals surface area contributed by atoms with Gasteiger partial charge in [-0.2, -0.15) is 0 Å². The van der Waals surface area contributed by atoms with E-state index in [-0.39, 0.29) is 18.4 Å². The van der Waals surface area contributed by atoms with Crippen LogP contribution >= 0.6 is 11.6 Å². The molecule has 4 rings (SSSR count). The summed E-state index contributed by atoms with van der Waals surface area (Å²) in [6.45, 7) is 4.15. The number of aryl methyl sites for hydroxylation is 2. The molecule has 0 radical (unpaired) electrons. The zero-order valence-corrected chi connectivity index (χ0v) is 15.6. The molecule has 134 valence electrons. The molecule has 0 saturated heterocycles. The topological polar surface area (TPSA) is 32.7 Å². The number of fused-ring (bicyclic) bond motifs is 2. The SMILES string of the molecule is Cc1cc2c(cc1C)N(Cc1c(F)cccc1Cl)C(=O)[C@H]1CCCC1=N2. The first kappa shape index (κ1) is 17.2. The molecule has 1 fully saturated rings. The minimum atomic E-state index is -0.396. The third kappa shape index (κ3) is 2.82. The smallest absolute Gasteiger partial charge is 0.236 e. The number of nitrogens with zero attached hydrogens (tertiary/aromatic N) is 2. The van der Waals surface area contributed by atoms with Crippen LogP contribution in [0.15, 0.2) is 35.3 Å². The summed E-state index contributed by atoms with van der Waals surface area (Å²) in [6, 6.07) is 8.60. The fourth-order valence-electron chi connectivity index (χ4n) is 3.79. The first-order valence-electron chi connectivity index (χ1n) is 8.88. The van der Waals surface area contributed by atoms with Crippen molar-refractivity contribution in [3.63, 3.8) is 0 Å². The van der Waals surface area contributed by atoms with Crippen molar-refractivity contribution in [1.29, 1.82) is 0 Å². The van der Waals surface area contributed by atoms with Gasteiger partial charge < -0.3 is 4.90 Å². The highest BCUT2D eigenvalue weighted by molar-refractivity contribution is 6.31. The van der Waals surface area contributed by atoms with E-state index in [1.165, 1.54) is 6.07 Å². The molecule has 1 aliphatic heterocycles. The highest BCUT2D eigenvalue weighted by Gasteiger charge is 2.37. The predicted molar refractivity (Wildman–Crippen MR) is 103 cm³/mol. The minimum absolute atomic E-state index is 0.0115. The standard InChI is InChI=1S/C21H20ClFN2O/c1-12-9-19-20(10-13(12)2)25(11-15-16(22)6-4-7-17(15)23)21(26)14-5-3-8-18(14)24-19/h4,6-7,9-10,14H,3,5,8,11H2,1-2H3/t14-/m0/s1. The van der Waals surface area contributed by atoms with Crippen molar-refractivity contribution < 1.29 is 9.18 Å². The fraction of sp³-hybridized carbons (Fsp3) is 0.333. The summed E-state index contributed by atoms with van der Waals surface area (Å²) in [5.74, 6) is -0.622. The monoisotopic (exact) mass is 370 g/mol. The summed E-state index contributed by atoms with van der Waals surface area (Å²) in [6.07, 6.45) is 2.60. The number of carbonyl (C=O) groups excluding carboxylic acids is 1. The van der Waals surface area contributed by atoms with Crippen molar-refractivity contribution in [2.75, 3.05) is 4.90 Å². The molecule has 0 spiro atoms. The van der Waals surface area contributed by atoms with Gasteiger partial charge >= 0.3 is 0 Å². The maximum absolute atomic E-state index is 14.4. The lowest BCUT2D eigenvalue weighted by Crippen LogP contribution is -2.36. The molecule has 26 heavy (non-hydrogen) atoms. The predicted octanol–water partition coefficient (Wildman–Crippen LogP) is 5.52. The molecule has 2 aliphatic rings. The second-order valence-corrected chi connectivity index (χ2v) is 7.50. The Balaban J connectivity index is 1.86. The van der Waals surface area contributed by atoms with Gasteiger partial charge in [0.1, 0.15) is 5.82 Å². The number of benzene rings is 2. The third-order valence-corrected chi connectivity index (χ3v) is 5.77. The van der Waals surface area contributed by atoms with Gasteiger partial charge in [-0.1, -0.05) is 17.7 Å². The Morgan fingerprint density at radius 1 is 1.27 bits per heavy atom. The van der Waals surface area contributed by atoms with Gasteiger partial charge in [-0.15, -0.1) is 0 Å². The number of anilines is 1. The van der Waals surface area contributed by atoms with Gasteiger partial charge in [0, 0.05) is 16.3 Å². The molecule has 1 atom stereocenters. The second-order valence-electron chi connectivity index (χ2n) is 7.10. The highest BCUT2D eigenvalue weighted by Crippen LogP contribution is 2.40. The lowest BCUT2D eigenvalue weighted by molar-refractivity contribution is -0.120. The van der Waals surface area contributed by atoms with E-state index >= 15 is 0 Å². The van der Waals surface area contributed by atoms with E-state index in [4.69, 9.17) is 16.6 Å². The number of hydrogen-bond acceptors (Lipinski definition) is 2. The van der Waals surface area contributed by atoms with Gasteiger partial charge in [0.05, 0.1) is 23.8 Å². The van der Waals surface area contributed by atoms with Crippen molar-refractivity contribution >= 4 is 34.6 Å². The van der Waals surface area contributed by atoms with Crippen molar-refractivity contribution in [1.82, 2.24) is 0 Å². The Morgan fingerprint density at radius 2 is 2.04 bits per heavy atom. The largest absolute Gasteiger partial charge is 0.305 e. The van der Waals surface area contributed by atoms with Crippen LogP contribution in [0, 0.1) is 25.6 Å². The van der Waals surface area contributed by atoms with Gasteiger partial charge in [0.15, 0.2) is 0 Å². The Labute approximate surface area is 157 Å². The summed E-state index contributed by atoms with van der Waals surface area (Å²) in [5, 5.41) is 0.333. The molecule has 1 heterocycles. The molecule has 2 aromatic carbocycles. The molecule has 1 aliphatic carbocycles. The average Bonchev–Trinajstić information content (AvgIpc) is 3.02. The Bertz CT molecular complexity index is 918. The maximum Gasteiger partial charge on any atom is 0.236 e. The van der Waals surface area contributed by atoms with Crippen LogP contribution in [0.4, 0.5) is 15.8 Å². The quantitative estimate of drug-likeness (QED) is 0.685. The minimum Gasteiger partial charge on any atom is -0.305 e. The molecule has 5 heteroatoms. The van der Waals surface area contributed by atoms with Gasteiger partial charge in [-0.3, -0.25) is 9.79 Å². The molecule has 2 aromatic rings. The van der Waals surface area contributed by atoms with Crippen LogP contribution in [0.25, 0.3) is 0 Å². The zero-order chi connectivity index (χ0) is 18.4. The Kier molecular flexibility index (Phi) is 4.31. The summed E-state index contributed by atoms with van der Waals surface area (Å²) >= 11 is 6.23. The number of hydrogen-bond donors (Lipinski definition) is 0. The van der Waals surface area contributed by atoms with E-state index in [2.05, 4.69) is 0 Å². The highest BCUT2D eigenvalue weighted by atomic mass is 35.5. The van der Waals surface area contributed by atoms with E-state index in [1.54, 1.807) is 17.0 Å². The van der Waals surface area contributed by atoms with Gasteiger partial charge in [0.2, 0.25) is 5.91 Å². The molecular formula is C21H20ClFN2O. The van der Waals surface area contributed by atoms with E-state index in [0.29, 0.717) is 10.6 Å². The van der Waals surface area contributed by atoms with Crippen LogP contribution in [-0.4, -0.2) is 11.6 Å². The second kappa shape index (κ2) is 6.51. The molecule has 0 N–H and O–H groups in total. The average molecular weight is 371 g/mol. The van der Waals surface area contributed by atoms with Gasteiger partial charge in [-0.25, -0.2) is 4.39 Å². The molecule has 0 bridgehead atoms. The van der Waals surface area contributed by atoms with Crippen molar-refractivity contribution in [2.45, 2.75) is 39.7 Å². The zero-order valence-electron chi connectivity index (χ0n) is 14.9. The van der Waals surface area contributed by atoms with E-state index in [1.807, 2.05) is 26.0 Å². The summed E-state index contributed by atoms with van der Waals surface area (Å²) in [4.78, 5) is 19.8. The van der Waals surface area contributed by atoms with Gasteiger partial charge in [0.25, 0.3) is 0 Å². The molecule has 1 amide bonds. The van der Waals surface area contributed by atoms with Gasteiger partial charge in [-0.05, 0) is 68.5 Å². The third-order valence-electron chi connectivity index (χ3n) is 5.42. The molecule has 0 unspecified atom stereocenters. The van der Waals surface area contributed by atoms with Crippen LogP contribution in [0.5, 0.6) is 0 Å². The lowest BCUT2D eigenvalue weighted by atomic mass is 10.0. The van der Waals surface area contributed by atoms with Crippen LogP contribution < -0.4 is 4.90 Å². The fourth-order valence-corrected chi connectivity index (χ4v) is 4.01. The first-order valence-corrected chi connectivity index (χ1v) is 9.26. The molecule has 0 aromatic heterocycles. The van der Waals surface area contributed by atoms with Crippen molar-refractivity contribution in [3.8, 4) is 0 Å². The van der Waals surface area contributed by atoms with Crippen LogP contribution in [0.3, 0.4) is 0 Å². The normalized spacial score (nSPS) is 19.1. The summed E-state index contributed by atoms with van der Waals surface area (Å²) in [7, 11) is 0. The first-order chi connectivity index (χ1) is 12.5. The van der Waals surface area contributed by atoms with E-state index in [9.17, 15) is 9.18 Å². The molecule has 3 nitrogen and oxygen atoms in total. The maximum atomic E-state index is 14.4.